The van der Waals surface area contributed by atoms with Gasteiger partial charge in [0.2, 0.25) is 0 Å². The molecule has 78 valence electrons. The summed E-state index contributed by atoms with van der Waals surface area (Å²) in [5.41, 5.74) is 0.172. The summed E-state index contributed by atoms with van der Waals surface area (Å²) >= 11 is 6.63. The van der Waals surface area contributed by atoms with Gasteiger partial charge in [-0.15, -0.1) is 5.10 Å². The molecular formula is C9H6ClFN2OS. The van der Waals surface area contributed by atoms with Gasteiger partial charge in [-0.3, -0.25) is 0 Å². The highest BCUT2D eigenvalue weighted by molar-refractivity contribution is 7.05. The quantitative estimate of drug-likeness (QED) is 0.883. The van der Waals surface area contributed by atoms with Gasteiger partial charge in [0, 0.05) is 10.6 Å². The fourth-order valence-electron chi connectivity index (χ4n) is 1.17. The molecule has 3 nitrogen and oxygen atoms in total. The average Bonchev–Trinajstić information content (AvgIpc) is 2.69. The van der Waals surface area contributed by atoms with Gasteiger partial charge in [0.15, 0.2) is 0 Å². The van der Waals surface area contributed by atoms with E-state index in [0.717, 1.165) is 17.6 Å². The molecule has 1 unspecified atom stereocenters. The van der Waals surface area contributed by atoms with Crippen LogP contribution in [0.25, 0.3) is 0 Å². The summed E-state index contributed by atoms with van der Waals surface area (Å²) in [4.78, 5) is 0.497. The highest BCUT2D eigenvalue weighted by atomic mass is 35.5. The first-order valence-corrected chi connectivity index (χ1v) is 5.24. The number of rotatable bonds is 2. The van der Waals surface area contributed by atoms with Crippen LogP contribution in [0, 0.1) is 5.82 Å². The number of nitrogens with zero attached hydrogens (tertiary/aromatic N) is 2. The third-order valence-corrected chi connectivity index (χ3v) is 2.86. The third-order valence-electron chi connectivity index (χ3n) is 1.90. The molecule has 0 fully saturated rings. The topological polar surface area (TPSA) is 46.0 Å². The zero-order chi connectivity index (χ0) is 10.8. The van der Waals surface area contributed by atoms with E-state index in [0.29, 0.717) is 9.90 Å². The Morgan fingerprint density at radius 2 is 2.27 bits per heavy atom. The van der Waals surface area contributed by atoms with Gasteiger partial charge >= 0.3 is 0 Å². The highest BCUT2D eigenvalue weighted by Crippen LogP contribution is 2.27. The molecule has 0 spiro atoms. The van der Waals surface area contributed by atoms with Gasteiger partial charge in [0.1, 0.15) is 11.9 Å². The van der Waals surface area contributed by atoms with Crippen molar-refractivity contribution in [2.75, 3.05) is 0 Å². The molecule has 1 atom stereocenters. The molecule has 1 aromatic heterocycles. The van der Waals surface area contributed by atoms with E-state index >= 15 is 0 Å². The molecule has 6 heteroatoms. The Bertz CT molecular complexity index is 463. The second-order valence-electron chi connectivity index (χ2n) is 2.89. The van der Waals surface area contributed by atoms with Crippen LogP contribution in [0.15, 0.2) is 24.4 Å². The molecule has 1 aromatic carbocycles. The molecule has 0 aliphatic heterocycles. The van der Waals surface area contributed by atoms with Crippen molar-refractivity contribution in [2.24, 2.45) is 0 Å². The second-order valence-corrected chi connectivity index (χ2v) is 4.14. The number of aromatic nitrogens is 2. The van der Waals surface area contributed by atoms with E-state index in [2.05, 4.69) is 9.59 Å². The molecule has 0 radical (unpaired) electrons. The number of halogens is 2. The van der Waals surface area contributed by atoms with Crippen molar-refractivity contribution in [2.45, 2.75) is 6.10 Å². The molecule has 0 saturated heterocycles. The normalized spacial score (nSPS) is 12.7. The minimum absolute atomic E-state index is 0.172. The Kier molecular flexibility index (Phi) is 2.95. The fraction of sp³-hybridized carbons (Fsp3) is 0.111. The van der Waals surface area contributed by atoms with Crippen LogP contribution in [0.2, 0.25) is 5.02 Å². The summed E-state index contributed by atoms with van der Waals surface area (Å²) in [5.74, 6) is -0.539. The van der Waals surface area contributed by atoms with E-state index in [1.807, 2.05) is 0 Å². The van der Waals surface area contributed by atoms with E-state index < -0.39 is 11.9 Å². The standard InChI is InChI=1S/C9H6ClFN2OS/c10-5-1-2-6(7(11)3-5)9(14)8-4-12-13-15-8/h1-4,9,14H. The van der Waals surface area contributed by atoms with Crippen molar-refractivity contribution < 1.29 is 9.50 Å². The van der Waals surface area contributed by atoms with Crippen molar-refractivity contribution in [3.05, 3.63) is 45.7 Å². The molecule has 0 bridgehead atoms. The van der Waals surface area contributed by atoms with Gasteiger partial charge in [-0.05, 0) is 23.7 Å². The monoisotopic (exact) mass is 244 g/mol. The average molecular weight is 245 g/mol. The van der Waals surface area contributed by atoms with Crippen molar-refractivity contribution >= 4 is 23.1 Å². The Balaban J connectivity index is 2.38. The minimum Gasteiger partial charge on any atom is -0.383 e. The van der Waals surface area contributed by atoms with Crippen LogP contribution in [0.5, 0.6) is 0 Å². The lowest BCUT2D eigenvalue weighted by atomic mass is 10.1. The summed E-state index contributed by atoms with van der Waals surface area (Å²) in [5, 5.41) is 13.7. The van der Waals surface area contributed by atoms with E-state index in [4.69, 9.17) is 11.6 Å². The van der Waals surface area contributed by atoms with Crippen LogP contribution in [-0.4, -0.2) is 14.7 Å². The maximum Gasteiger partial charge on any atom is 0.130 e. The van der Waals surface area contributed by atoms with Crippen LogP contribution in [0.4, 0.5) is 4.39 Å². The number of aliphatic hydroxyl groups is 1. The summed E-state index contributed by atoms with van der Waals surface area (Å²) < 4.78 is 17.0. The molecule has 2 aromatic rings. The van der Waals surface area contributed by atoms with Gasteiger partial charge in [-0.25, -0.2) is 4.39 Å². The zero-order valence-electron chi connectivity index (χ0n) is 7.39. The summed E-state index contributed by atoms with van der Waals surface area (Å²) in [6, 6.07) is 4.13. The number of aliphatic hydroxyl groups excluding tert-OH is 1. The second kappa shape index (κ2) is 4.22. The molecule has 0 amide bonds. The minimum atomic E-state index is -1.04. The maximum atomic E-state index is 13.4. The molecule has 2 rings (SSSR count). The van der Waals surface area contributed by atoms with Crippen molar-refractivity contribution in [1.82, 2.24) is 9.59 Å². The van der Waals surface area contributed by atoms with E-state index in [1.165, 1.54) is 18.3 Å². The molecule has 15 heavy (non-hydrogen) atoms. The third kappa shape index (κ3) is 2.14. The SMILES string of the molecule is OC(c1cnns1)c1ccc(Cl)cc1F. The van der Waals surface area contributed by atoms with Gasteiger partial charge in [-0.1, -0.05) is 22.2 Å². The molecule has 0 aliphatic carbocycles. The van der Waals surface area contributed by atoms with Crippen molar-refractivity contribution in [3.8, 4) is 0 Å². The number of benzene rings is 1. The lowest BCUT2D eigenvalue weighted by Crippen LogP contribution is -2.00. The maximum absolute atomic E-state index is 13.4. The van der Waals surface area contributed by atoms with E-state index in [-0.39, 0.29) is 5.56 Å². The van der Waals surface area contributed by atoms with Gasteiger partial charge in [0.05, 0.1) is 11.1 Å². The predicted molar refractivity (Wildman–Crippen MR) is 55.4 cm³/mol. The van der Waals surface area contributed by atoms with Gasteiger partial charge in [0.25, 0.3) is 0 Å². The van der Waals surface area contributed by atoms with Crippen LogP contribution < -0.4 is 0 Å². The molecule has 1 N–H and O–H groups in total. The van der Waals surface area contributed by atoms with Gasteiger partial charge in [-0.2, -0.15) is 0 Å². The van der Waals surface area contributed by atoms with Crippen LogP contribution in [0.1, 0.15) is 16.5 Å². The van der Waals surface area contributed by atoms with Crippen LogP contribution in [-0.2, 0) is 0 Å². The predicted octanol–water partition coefficient (Wildman–Crippen LogP) is 2.41. The molecule has 0 saturated carbocycles. The van der Waals surface area contributed by atoms with Crippen molar-refractivity contribution in [1.29, 1.82) is 0 Å². The Labute approximate surface area is 94.3 Å². The Morgan fingerprint density at radius 1 is 1.47 bits per heavy atom. The first kappa shape index (κ1) is 10.5. The van der Waals surface area contributed by atoms with Crippen molar-refractivity contribution in [3.63, 3.8) is 0 Å². The van der Waals surface area contributed by atoms with E-state index in [9.17, 15) is 9.50 Å². The van der Waals surface area contributed by atoms with Crippen LogP contribution >= 0.6 is 23.1 Å². The van der Waals surface area contributed by atoms with E-state index in [1.54, 1.807) is 0 Å². The lowest BCUT2D eigenvalue weighted by Gasteiger charge is -2.08. The molecule has 1 heterocycles. The first-order valence-electron chi connectivity index (χ1n) is 4.09. The van der Waals surface area contributed by atoms with Crippen LogP contribution in [0.3, 0.4) is 0 Å². The molecular weight excluding hydrogens is 239 g/mol. The smallest absolute Gasteiger partial charge is 0.130 e. The highest BCUT2D eigenvalue weighted by Gasteiger charge is 2.16. The Morgan fingerprint density at radius 3 is 2.87 bits per heavy atom. The largest absolute Gasteiger partial charge is 0.383 e. The zero-order valence-corrected chi connectivity index (χ0v) is 8.96. The number of hydrogen-bond donors (Lipinski definition) is 1. The Hall–Kier alpha value is -1.04. The van der Waals surface area contributed by atoms with Gasteiger partial charge < -0.3 is 5.11 Å². The first-order chi connectivity index (χ1) is 7.18. The summed E-state index contributed by atoms with van der Waals surface area (Å²) in [6.07, 6.45) is 0.367. The number of hydrogen-bond acceptors (Lipinski definition) is 4. The summed E-state index contributed by atoms with van der Waals surface area (Å²) in [7, 11) is 0. The summed E-state index contributed by atoms with van der Waals surface area (Å²) in [6.45, 7) is 0. The fourth-order valence-corrected chi connectivity index (χ4v) is 1.84. The molecule has 0 aliphatic rings. The lowest BCUT2D eigenvalue weighted by molar-refractivity contribution is 0.218.